The van der Waals surface area contributed by atoms with E-state index in [4.69, 9.17) is 14.2 Å². The van der Waals surface area contributed by atoms with Crippen molar-refractivity contribution < 1.29 is 23.8 Å². The summed E-state index contributed by atoms with van der Waals surface area (Å²) in [6.07, 6.45) is 2.93. The molecule has 4 aromatic rings. The number of likely N-dealkylation sites (N-methyl/N-ethyl adjacent to an activating group) is 1. The summed E-state index contributed by atoms with van der Waals surface area (Å²) in [6, 6.07) is 27.0. The highest BCUT2D eigenvalue weighted by Crippen LogP contribution is 2.43. The summed E-state index contributed by atoms with van der Waals surface area (Å²) in [6.45, 7) is 8.24. The zero-order valence-electron chi connectivity index (χ0n) is 28.7. The van der Waals surface area contributed by atoms with Crippen LogP contribution in [0.5, 0.6) is 17.2 Å². The first-order valence-electron chi connectivity index (χ1n) is 17.0. The van der Waals surface area contributed by atoms with Crippen molar-refractivity contribution in [3.05, 3.63) is 107 Å². The number of methoxy groups -OCH3 is 1. The molecule has 48 heavy (non-hydrogen) atoms. The highest BCUT2D eigenvalue weighted by Gasteiger charge is 2.38. The van der Waals surface area contributed by atoms with E-state index in [-0.39, 0.29) is 47.9 Å². The zero-order valence-corrected chi connectivity index (χ0v) is 28.7. The maximum atomic E-state index is 14.8. The summed E-state index contributed by atoms with van der Waals surface area (Å²) < 4.78 is 20.5. The molecule has 1 saturated heterocycles. The lowest BCUT2D eigenvalue weighted by Gasteiger charge is -2.32. The van der Waals surface area contributed by atoms with Crippen LogP contribution in [-0.4, -0.2) is 84.5 Å². The Balaban J connectivity index is 1.74. The average molecular weight is 653 g/mol. The van der Waals surface area contributed by atoms with Crippen LogP contribution in [0.1, 0.15) is 65.2 Å². The number of hydrogen-bond acceptors (Lipinski definition) is 6. The molecule has 0 saturated carbocycles. The minimum atomic E-state index is -0.213. The molecule has 1 aliphatic heterocycles. The van der Waals surface area contributed by atoms with Crippen LogP contribution in [0, 0.1) is 0 Å². The third kappa shape index (κ3) is 8.20. The van der Waals surface area contributed by atoms with Crippen LogP contribution < -0.4 is 14.2 Å². The van der Waals surface area contributed by atoms with Gasteiger partial charge in [-0.2, -0.15) is 0 Å². The van der Waals surface area contributed by atoms with Crippen molar-refractivity contribution in [3.63, 3.8) is 0 Å². The first kappa shape index (κ1) is 34.6. The molecular weight excluding hydrogens is 604 g/mol. The van der Waals surface area contributed by atoms with E-state index >= 15 is 0 Å². The third-order valence-corrected chi connectivity index (χ3v) is 8.76. The van der Waals surface area contributed by atoms with Crippen molar-refractivity contribution in [1.82, 2.24) is 19.3 Å². The maximum Gasteiger partial charge on any atom is 0.274 e. The Labute approximate surface area is 284 Å². The molecule has 0 unspecified atom stereocenters. The van der Waals surface area contributed by atoms with Gasteiger partial charge in [-0.05, 0) is 55.8 Å². The van der Waals surface area contributed by atoms with E-state index in [1.165, 1.54) is 0 Å². The fourth-order valence-corrected chi connectivity index (χ4v) is 5.90. The van der Waals surface area contributed by atoms with E-state index in [9.17, 15) is 9.59 Å². The molecule has 1 aliphatic rings. The largest absolute Gasteiger partial charge is 0.497 e. The molecule has 0 atom stereocenters. The lowest BCUT2D eigenvalue weighted by molar-refractivity contribution is 0.0650. The van der Waals surface area contributed by atoms with Gasteiger partial charge in [0.15, 0.2) is 22.9 Å². The highest BCUT2D eigenvalue weighted by atomic mass is 16.5. The molecule has 0 aliphatic carbocycles. The predicted octanol–water partition coefficient (Wildman–Crippen LogP) is 6.68. The Bertz CT molecular complexity index is 1610. The number of aromatic nitrogens is 1. The SMILES string of the molecule is CCCCCN(CC)C(=O)c1c(OCc2ccccc2)c(OCc2ccccc2)c(C(=O)N2CCN(C)CC2)n1-c1ccc(OC)cc1. The number of hydrogen-bond donors (Lipinski definition) is 0. The van der Waals surface area contributed by atoms with Gasteiger partial charge < -0.3 is 28.9 Å². The summed E-state index contributed by atoms with van der Waals surface area (Å²) >= 11 is 0. The fourth-order valence-electron chi connectivity index (χ4n) is 5.90. The minimum Gasteiger partial charge on any atom is -0.497 e. The fraction of sp³-hybridized carbons (Fsp3) is 0.385. The number of amides is 2. The van der Waals surface area contributed by atoms with Gasteiger partial charge in [0.1, 0.15) is 19.0 Å². The first-order valence-corrected chi connectivity index (χ1v) is 17.0. The number of nitrogens with zero attached hydrogens (tertiary/aromatic N) is 4. The molecule has 1 aromatic heterocycles. The number of piperazine rings is 1. The van der Waals surface area contributed by atoms with Gasteiger partial charge in [-0.25, -0.2) is 0 Å². The van der Waals surface area contributed by atoms with Crippen LogP contribution in [0.15, 0.2) is 84.9 Å². The van der Waals surface area contributed by atoms with Crippen molar-refractivity contribution >= 4 is 11.8 Å². The second kappa shape index (κ2) is 16.9. The Morgan fingerprint density at radius 2 is 1.29 bits per heavy atom. The van der Waals surface area contributed by atoms with E-state index in [1.54, 1.807) is 11.7 Å². The predicted molar refractivity (Wildman–Crippen MR) is 188 cm³/mol. The molecule has 5 rings (SSSR count). The lowest BCUT2D eigenvalue weighted by atomic mass is 10.2. The third-order valence-electron chi connectivity index (χ3n) is 8.76. The van der Waals surface area contributed by atoms with Gasteiger partial charge in [0.2, 0.25) is 0 Å². The summed E-state index contributed by atoms with van der Waals surface area (Å²) in [5, 5.41) is 0. The summed E-state index contributed by atoms with van der Waals surface area (Å²) in [5.41, 5.74) is 3.06. The zero-order chi connectivity index (χ0) is 33.9. The monoisotopic (exact) mass is 652 g/mol. The van der Waals surface area contributed by atoms with Crippen molar-refractivity contribution in [3.8, 4) is 22.9 Å². The molecule has 0 spiro atoms. The van der Waals surface area contributed by atoms with Crippen molar-refractivity contribution in [1.29, 1.82) is 0 Å². The van der Waals surface area contributed by atoms with Gasteiger partial charge in [0.25, 0.3) is 11.8 Å². The Hall–Kier alpha value is -4.76. The molecule has 0 radical (unpaired) electrons. The molecule has 254 valence electrons. The smallest absolute Gasteiger partial charge is 0.274 e. The molecule has 0 bridgehead atoms. The molecule has 9 nitrogen and oxygen atoms in total. The van der Waals surface area contributed by atoms with Gasteiger partial charge in [0.05, 0.1) is 7.11 Å². The average Bonchev–Trinajstić information content (AvgIpc) is 3.46. The second-order valence-electron chi connectivity index (χ2n) is 12.1. The Kier molecular flexibility index (Phi) is 12.2. The number of carbonyl (C=O) groups is 2. The number of rotatable bonds is 15. The Morgan fingerprint density at radius 1 is 0.729 bits per heavy atom. The standard InChI is InChI=1S/C39H48N4O5/c1-5-7-14-23-41(6-2)38(44)34-36(47-28-30-15-10-8-11-16-30)37(48-29-31-17-12-9-13-18-31)35(39(45)42-26-24-40(3)25-27-42)43(34)32-19-21-33(46-4)22-20-32/h8-13,15-22H,5-7,14,23-29H2,1-4H3. The number of carbonyl (C=O) groups excluding carboxylic acids is 2. The van der Waals surface area contributed by atoms with Crippen LogP contribution in [0.3, 0.4) is 0 Å². The van der Waals surface area contributed by atoms with Crippen LogP contribution in [0.4, 0.5) is 0 Å². The molecule has 2 amide bonds. The normalized spacial score (nSPS) is 13.3. The van der Waals surface area contributed by atoms with Crippen molar-refractivity contribution in [2.75, 3.05) is 53.4 Å². The van der Waals surface area contributed by atoms with Gasteiger partial charge in [-0.15, -0.1) is 0 Å². The highest BCUT2D eigenvalue weighted by molar-refractivity contribution is 6.04. The first-order chi connectivity index (χ1) is 23.4. The molecular formula is C39H48N4O5. The summed E-state index contributed by atoms with van der Waals surface area (Å²) in [7, 11) is 3.67. The van der Waals surface area contributed by atoms with Crippen molar-refractivity contribution in [2.45, 2.75) is 46.3 Å². The van der Waals surface area contributed by atoms with Crippen LogP contribution in [0.2, 0.25) is 0 Å². The van der Waals surface area contributed by atoms with Gasteiger partial charge in [-0.3, -0.25) is 14.2 Å². The van der Waals surface area contributed by atoms with Crippen LogP contribution >= 0.6 is 0 Å². The molecule has 1 fully saturated rings. The number of ether oxygens (including phenoxy) is 3. The van der Waals surface area contributed by atoms with Crippen molar-refractivity contribution in [2.24, 2.45) is 0 Å². The Morgan fingerprint density at radius 3 is 1.81 bits per heavy atom. The second-order valence-corrected chi connectivity index (χ2v) is 12.1. The van der Waals surface area contributed by atoms with Crippen LogP contribution in [-0.2, 0) is 13.2 Å². The minimum absolute atomic E-state index is 0.194. The molecule has 3 aromatic carbocycles. The molecule has 0 N–H and O–H groups in total. The topological polar surface area (TPSA) is 76.5 Å². The van der Waals surface area contributed by atoms with Gasteiger partial charge in [0, 0.05) is 45.0 Å². The van der Waals surface area contributed by atoms with Gasteiger partial charge >= 0.3 is 0 Å². The summed E-state index contributed by atoms with van der Waals surface area (Å²) in [5.74, 6) is 0.778. The molecule has 2 heterocycles. The lowest BCUT2D eigenvalue weighted by Crippen LogP contribution is -2.47. The maximum absolute atomic E-state index is 14.8. The van der Waals surface area contributed by atoms with E-state index in [0.717, 1.165) is 43.5 Å². The van der Waals surface area contributed by atoms with E-state index in [1.807, 2.05) is 102 Å². The van der Waals surface area contributed by atoms with E-state index in [2.05, 4.69) is 18.9 Å². The van der Waals surface area contributed by atoms with E-state index in [0.29, 0.717) is 37.6 Å². The van der Waals surface area contributed by atoms with E-state index < -0.39 is 0 Å². The van der Waals surface area contributed by atoms with Crippen LogP contribution in [0.25, 0.3) is 5.69 Å². The number of unbranched alkanes of at least 4 members (excludes halogenated alkanes) is 2. The summed E-state index contributed by atoms with van der Waals surface area (Å²) in [4.78, 5) is 35.5. The number of benzene rings is 3. The molecule has 9 heteroatoms. The quantitative estimate of drug-likeness (QED) is 0.133. The van der Waals surface area contributed by atoms with Gasteiger partial charge in [-0.1, -0.05) is 80.4 Å².